The van der Waals surface area contributed by atoms with Gasteiger partial charge >= 0.3 is 0 Å². The summed E-state index contributed by atoms with van der Waals surface area (Å²) in [6.07, 6.45) is 1.42. The molecule has 4 heteroatoms. The van der Waals surface area contributed by atoms with Crippen LogP contribution in [0.25, 0.3) is 0 Å². The summed E-state index contributed by atoms with van der Waals surface area (Å²) in [5, 5.41) is 3.32. The van der Waals surface area contributed by atoms with E-state index < -0.39 is 0 Å². The molecule has 0 aromatic heterocycles. The SMILES string of the molecule is CCCNCC(C)CN1C(=O)Cc2ccccc2C1=O. The Hall–Kier alpha value is -1.68. The number of carbonyl (C=O) groups is 2. The van der Waals surface area contributed by atoms with Gasteiger partial charge in [0.25, 0.3) is 5.91 Å². The third-order valence-electron chi connectivity index (χ3n) is 3.55. The Kier molecular flexibility index (Phi) is 4.90. The van der Waals surface area contributed by atoms with Crippen LogP contribution in [0.15, 0.2) is 24.3 Å². The van der Waals surface area contributed by atoms with E-state index >= 15 is 0 Å². The fourth-order valence-corrected chi connectivity index (χ4v) is 2.49. The molecular weight excluding hydrogens is 252 g/mol. The Bertz CT molecular complexity index is 499. The minimum absolute atomic E-state index is 0.0870. The van der Waals surface area contributed by atoms with Crippen molar-refractivity contribution in [1.82, 2.24) is 10.2 Å². The van der Waals surface area contributed by atoms with Gasteiger partial charge in [0.2, 0.25) is 5.91 Å². The number of fused-ring (bicyclic) bond motifs is 1. The van der Waals surface area contributed by atoms with Gasteiger partial charge in [0.05, 0.1) is 6.42 Å². The maximum absolute atomic E-state index is 12.4. The van der Waals surface area contributed by atoms with Crippen LogP contribution in [0.5, 0.6) is 0 Å². The van der Waals surface area contributed by atoms with Crippen LogP contribution in [0.1, 0.15) is 36.2 Å². The number of nitrogens with one attached hydrogen (secondary N) is 1. The van der Waals surface area contributed by atoms with Crippen molar-refractivity contribution in [3.63, 3.8) is 0 Å². The standard InChI is InChI=1S/C16H22N2O2/c1-3-8-17-10-12(2)11-18-15(19)9-13-6-4-5-7-14(13)16(18)20/h4-7,12,17H,3,8-11H2,1-2H3. The van der Waals surface area contributed by atoms with Gasteiger partial charge in [0.1, 0.15) is 0 Å². The zero-order valence-electron chi connectivity index (χ0n) is 12.2. The molecular formula is C16H22N2O2. The number of carbonyl (C=O) groups excluding carboxylic acids is 2. The molecule has 1 atom stereocenters. The van der Waals surface area contributed by atoms with Crippen LogP contribution in [-0.4, -0.2) is 36.3 Å². The third kappa shape index (κ3) is 3.25. The molecule has 0 spiro atoms. The van der Waals surface area contributed by atoms with Crippen LogP contribution < -0.4 is 5.32 Å². The average Bonchev–Trinajstić information content (AvgIpc) is 2.44. The molecule has 1 N–H and O–H groups in total. The van der Waals surface area contributed by atoms with Gasteiger partial charge < -0.3 is 5.32 Å². The molecule has 1 heterocycles. The van der Waals surface area contributed by atoms with Gasteiger partial charge in [0.15, 0.2) is 0 Å². The minimum Gasteiger partial charge on any atom is -0.316 e. The Morgan fingerprint density at radius 3 is 2.80 bits per heavy atom. The van der Waals surface area contributed by atoms with E-state index in [1.54, 1.807) is 6.07 Å². The number of amides is 2. The van der Waals surface area contributed by atoms with Gasteiger partial charge in [-0.2, -0.15) is 0 Å². The predicted octanol–water partition coefficient (Wildman–Crippen LogP) is 1.85. The van der Waals surface area contributed by atoms with Gasteiger partial charge in [-0.25, -0.2) is 0 Å². The molecule has 0 fully saturated rings. The van der Waals surface area contributed by atoms with Crippen LogP contribution in [0.2, 0.25) is 0 Å². The van der Waals surface area contributed by atoms with Crippen molar-refractivity contribution in [2.45, 2.75) is 26.7 Å². The van der Waals surface area contributed by atoms with Crippen molar-refractivity contribution in [2.24, 2.45) is 5.92 Å². The van der Waals surface area contributed by atoms with Gasteiger partial charge in [0, 0.05) is 12.1 Å². The zero-order valence-corrected chi connectivity index (χ0v) is 12.2. The lowest BCUT2D eigenvalue weighted by Crippen LogP contribution is -2.45. The van der Waals surface area contributed by atoms with E-state index in [0.717, 1.165) is 25.1 Å². The molecule has 1 aromatic rings. The first-order valence-corrected chi connectivity index (χ1v) is 7.26. The Morgan fingerprint density at radius 2 is 2.05 bits per heavy atom. The summed E-state index contributed by atoms with van der Waals surface area (Å²) in [4.78, 5) is 25.9. The van der Waals surface area contributed by atoms with Gasteiger partial charge in [-0.05, 0) is 37.1 Å². The van der Waals surface area contributed by atoms with Gasteiger partial charge in [-0.1, -0.05) is 32.0 Å². The number of nitrogens with zero attached hydrogens (tertiary/aromatic N) is 1. The van der Waals surface area contributed by atoms with Gasteiger partial charge in [-0.3, -0.25) is 14.5 Å². The molecule has 4 nitrogen and oxygen atoms in total. The minimum atomic E-state index is -0.154. The number of benzene rings is 1. The van der Waals surface area contributed by atoms with Crippen molar-refractivity contribution in [3.05, 3.63) is 35.4 Å². The molecule has 20 heavy (non-hydrogen) atoms. The lowest BCUT2D eigenvalue weighted by atomic mass is 9.97. The van der Waals surface area contributed by atoms with Crippen LogP contribution in [-0.2, 0) is 11.2 Å². The highest BCUT2D eigenvalue weighted by Crippen LogP contribution is 2.20. The second-order valence-electron chi connectivity index (χ2n) is 5.45. The van der Waals surface area contributed by atoms with Gasteiger partial charge in [-0.15, -0.1) is 0 Å². The summed E-state index contributed by atoms with van der Waals surface area (Å²) < 4.78 is 0. The van der Waals surface area contributed by atoms with Crippen LogP contribution in [0.4, 0.5) is 0 Å². The second-order valence-corrected chi connectivity index (χ2v) is 5.45. The summed E-state index contributed by atoms with van der Waals surface area (Å²) in [7, 11) is 0. The van der Waals surface area contributed by atoms with E-state index in [0.29, 0.717) is 18.5 Å². The smallest absolute Gasteiger partial charge is 0.260 e. The molecule has 108 valence electrons. The highest BCUT2D eigenvalue weighted by atomic mass is 16.2. The molecule has 1 aromatic carbocycles. The summed E-state index contributed by atoms with van der Waals surface area (Å²) in [6.45, 7) is 6.46. The normalized spacial score (nSPS) is 16.2. The molecule has 1 aliphatic rings. The number of hydrogen-bond donors (Lipinski definition) is 1. The number of rotatable bonds is 6. The Labute approximate surface area is 120 Å². The zero-order chi connectivity index (χ0) is 14.5. The molecule has 2 rings (SSSR count). The molecule has 0 saturated carbocycles. The molecule has 0 aliphatic carbocycles. The van der Waals surface area contributed by atoms with E-state index in [4.69, 9.17) is 0 Å². The van der Waals surface area contributed by atoms with Crippen LogP contribution in [0, 0.1) is 5.92 Å². The summed E-state index contributed by atoms with van der Waals surface area (Å²) >= 11 is 0. The topological polar surface area (TPSA) is 49.4 Å². The molecule has 0 saturated heterocycles. The number of hydrogen-bond acceptors (Lipinski definition) is 3. The van der Waals surface area contributed by atoms with E-state index in [9.17, 15) is 9.59 Å². The summed E-state index contributed by atoms with van der Waals surface area (Å²) in [5.41, 5.74) is 1.51. The lowest BCUT2D eigenvalue weighted by molar-refractivity contribution is -0.128. The van der Waals surface area contributed by atoms with Crippen molar-refractivity contribution < 1.29 is 9.59 Å². The van der Waals surface area contributed by atoms with Crippen LogP contribution >= 0.6 is 0 Å². The van der Waals surface area contributed by atoms with Crippen molar-refractivity contribution in [2.75, 3.05) is 19.6 Å². The largest absolute Gasteiger partial charge is 0.316 e. The fraction of sp³-hybridized carbons (Fsp3) is 0.500. The van der Waals surface area contributed by atoms with E-state index in [1.165, 1.54) is 4.90 Å². The van der Waals surface area contributed by atoms with E-state index in [-0.39, 0.29) is 17.7 Å². The van der Waals surface area contributed by atoms with E-state index in [1.807, 2.05) is 18.2 Å². The average molecular weight is 274 g/mol. The highest BCUT2D eigenvalue weighted by Gasteiger charge is 2.31. The highest BCUT2D eigenvalue weighted by molar-refractivity contribution is 6.09. The predicted molar refractivity (Wildman–Crippen MR) is 78.5 cm³/mol. The maximum Gasteiger partial charge on any atom is 0.260 e. The third-order valence-corrected chi connectivity index (χ3v) is 3.55. The first kappa shape index (κ1) is 14.7. The molecule has 0 bridgehead atoms. The monoisotopic (exact) mass is 274 g/mol. The Morgan fingerprint density at radius 1 is 1.30 bits per heavy atom. The molecule has 1 aliphatic heterocycles. The van der Waals surface area contributed by atoms with Crippen molar-refractivity contribution in [3.8, 4) is 0 Å². The maximum atomic E-state index is 12.4. The van der Waals surface area contributed by atoms with E-state index in [2.05, 4.69) is 19.2 Å². The molecule has 1 unspecified atom stereocenters. The fourth-order valence-electron chi connectivity index (χ4n) is 2.49. The second kappa shape index (κ2) is 6.66. The summed E-state index contributed by atoms with van der Waals surface area (Å²) in [5.74, 6) is 0.0231. The molecule has 0 radical (unpaired) electrons. The van der Waals surface area contributed by atoms with Crippen molar-refractivity contribution in [1.29, 1.82) is 0 Å². The lowest BCUT2D eigenvalue weighted by Gasteiger charge is -2.29. The first-order valence-electron chi connectivity index (χ1n) is 7.26. The molecule has 2 amide bonds. The Balaban J connectivity index is 2.02. The van der Waals surface area contributed by atoms with Crippen LogP contribution in [0.3, 0.4) is 0 Å². The first-order chi connectivity index (χ1) is 9.63. The van der Waals surface area contributed by atoms with Crippen molar-refractivity contribution >= 4 is 11.8 Å². The summed E-state index contributed by atoms with van der Waals surface area (Å²) in [6, 6.07) is 7.37. The quantitative estimate of drug-likeness (QED) is 0.636. The number of imide groups is 1.